The summed E-state index contributed by atoms with van der Waals surface area (Å²) < 4.78 is 6.88. The molecular weight excluding hydrogens is 268 g/mol. The smallest absolute Gasteiger partial charge is 0.372 e. The van der Waals surface area contributed by atoms with Crippen molar-refractivity contribution in [1.82, 2.24) is 9.38 Å². The summed E-state index contributed by atoms with van der Waals surface area (Å²) in [6.07, 6.45) is 1.64. The van der Waals surface area contributed by atoms with Gasteiger partial charge in [-0.3, -0.25) is 0 Å². The molecule has 0 spiro atoms. The molecule has 2 heterocycles. The average molecular weight is 284 g/mol. The Kier molecular flexibility index (Phi) is 4.33. The third-order valence-corrected chi connectivity index (χ3v) is 3.16. The minimum atomic E-state index is -0.427. The van der Waals surface area contributed by atoms with Crippen LogP contribution in [0.5, 0.6) is 0 Å². The Labute approximate surface area is 114 Å². The van der Waals surface area contributed by atoms with Gasteiger partial charge in [0.15, 0.2) is 0 Å². The van der Waals surface area contributed by atoms with Crippen LogP contribution in [0, 0.1) is 16.0 Å². The molecule has 0 saturated carbocycles. The molecule has 0 amide bonds. The summed E-state index contributed by atoms with van der Waals surface area (Å²) in [6, 6.07) is 0. The number of nitrogens with zero attached hydrogens (tertiary/aromatic N) is 3. The lowest BCUT2D eigenvalue weighted by Crippen LogP contribution is -2.13. The fraction of sp³-hybridized carbons (Fsp3) is 0.545. The maximum Gasteiger partial charge on any atom is 0.372 e. The Morgan fingerprint density at radius 2 is 2.42 bits per heavy atom. The molecule has 1 N–H and O–H groups in total. The normalized spacial score (nSPS) is 11.3. The quantitative estimate of drug-likeness (QED) is 0.479. The number of rotatable bonds is 7. The van der Waals surface area contributed by atoms with Gasteiger partial charge < -0.3 is 20.2 Å². The van der Waals surface area contributed by atoms with Gasteiger partial charge in [0, 0.05) is 18.5 Å². The Balaban J connectivity index is 1.98. The van der Waals surface area contributed by atoms with Crippen LogP contribution in [-0.2, 0) is 4.74 Å². The first-order chi connectivity index (χ1) is 9.09. The number of thiazole rings is 1. The summed E-state index contributed by atoms with van der Waals surface area (Å²) in [5.41, 5.74) is 0. The number of anilines is 1. The van der Waals surface area contributed by atoms with E-state index in [1.807, 2.05) is 0 Å². The van der Waals surface area contributed by atoms with Gasteiger partial charge in [-0.2, -0.15) is 9.38 Å². The monoisotopic (exact) mass is 284 g/mol. The highest BCUT2D eigenvalue weighted by Gasteiger charge is 2.22. The van der Waals surface area contributed by atoms with E-state index in [2.05, 4.69) is 24.1 Å². The van der Waals surface area contributed by atoms with Crippen LogP contribution < -0.4 is 5.32 Å². The zero-order chi connectivity index (χ0) is 13.8. The molecule has 2 rings (SSSR count). The third-order valence-electron chi connectivity index (χ3n) is 2.40. The Bertz CT molecular complexity index is 563. The summed E-state index contributed by atoms with van der Waals surface area (Å²) in [4.78, 5) is 15.4. The van der Waals surface area contributed by atoms with E-state index in [1.165, 1.54) is 15.7 Å². The number of hydrogen-bond donors (Lipinski definition) is 1. The first kappa shape index (κ1) is 13.8. The predicted molar refractivity (Wildman–Crippen MR) is 73.9 cm³/mol. The third kappa shape index (κ3) is 3.21. The van der Waals surface area contributed by atoms with Gasteiger partial charge in [0.1, 0.15) is 6.20 Å². The molecule has 2 aromatic heterocycles. The summed E-state index contributed by atoms with van der Waals surface area (Å²) >= 11 is 1.36. The number of nitrogens with one attached hydrogen (secondary N) is 1. The highest BCUT2D eigenvalue weighted by molar-refractivity contribution is 7.15. The lowest BCUT2D eigenvalue weighted by atomic mass is 10.2. The standard InChI is InChI=1S/C11H16N4O3S/c1-8(2)7-18-5-3-12-9-10(15(16)17)14-4-6-19-11(14)13-9/h4,6,8,12H,3,5,7H2,1-2H3. The second-order valence-electron chi connectivity index (χ2n) is 4.49. The molecule has 0 atom stereocenters. The second kappa shape index (κ2) is 5.98. The molecule has 104 valence electrons. The molecule has 8 heteroatoms. The molecule has 0 bridgehead atoms. The number of ether oxygens (including phenoxy) is 1. The van der Waals surface area contributed by atoms with Gasteiger partial charge in [-0.05, 0) is 10.8 Å². The number of aromatic nitrogens is 2. The Morgan fingerprint density at radius 1 is 1.63 bits per heavy atom. The van der Waals surface area contributed by atoms with Crippen LogP contribution >= 0.6 is 11.3 Å². The van der Waals surface area contributed by atoms with E-state index >= 15 is 0 Å². The van der Waals surface area contributed by atoms with Crippen molar-refractivity contribution < 1.29 is 9.66 Å². The van der Waals surface area contributed by atoms with Gasteiger partial charge in [-0.25, -0.2) is 0 Å². The molecule has 0 aromatic carbocycles. The number of hydrogen-bond acceptors (Lipinski definition) is 6. The molecule has 0 fully saturated rings. The van der Waals surface area contributed by atoms with E-state index in [0.29, 0.717) is 36.5 Å². The van der Waals surface area contributed by atoms with Crippen LogP contribution in [0.3, 0.4) is 0 Å². The minimum absolute atomic E-state index is 0.0277. The molecule has 0 aliphatic rings. The van der Waals surface area contributed by atoms with Crippen molar-refractivity contribution in [2.45, 2.75) is 13.8 Å². The molecule has 0 unspecified atom stereocenters. The Hall–Kier alpha value is -1.67. The van der Waals surface area contributed by atoms with Crippen LogP contribution in [0.1, 0.15) is 13.8 Å². The molecule has 0 radical (unpaired) electrons. The van der Waals surface area contributed by atoms with Crippen LogP contribution in [-0.4, -0.2) is 34.1 Å². The zero-order valence-corrected chi connectivity index (χ0v) is 11.6. The summed E-state index contributed by atoms with van der Waals surface area (Å²) in [6.45, 7) is 5.82. The van der Waals surface area contributed by atoms with Gasteiger partial charge in [0.2, 0.25) is 5.82 Å². The predicted octanol–water partition coefficient (Wildman–Crippen LogP) is 2.39. The Morgan fingerprint density at radius 3 is 3.11 bits per heavy atom. The zero-order valence-electron chi connectivity index (χ0n) is 10.8. The molecule has 19 heavy (non-hydrogen) atoms. The first-order valence-electron chi connectivity index (χ1n) is 6.01. The van der Waals surface area contributed by atoms with Crippen LogP contribution in [0.4, 0.5) is 11.6 Å². The highest BCUT2D eigenvalue weighted by Crippen LogP contribution is 2.27. The van der Waals surface area contributed by atoms with Gasteiger partial charge in [0.25, 0.3) is 4.96 Å². The van der Waals surface area contributed by atoms with E-state index in [9.17, 15) is 10.1 Å². The summed E-state index contributed by atoms with van der Waals surface area (Å²) in [7, 11) is 0. The fourth-order valence-electron chi connectivity index (χ4n) is 1.63. The highest BCUT2D eigenvalue weighted by atomic mass is 32.1. The molecule has 0 aliphatic carbocycles. The van der Waals surface area contributed by atoms with E-state index in [4.69, 9.17) is 4.74 Å². The largest absolute Gasteiger partial charge is 0.379 e. The maximum absolute atomic E-state index is 11.1. The van der Waals surface area contributed by atoms with Crippen molar-refractivity contribution in [3.63, 3.8) is 0 Å². The van der Waals surface area contributed by atoms with E-state index in [0.717, 1.165) is 0 Å². The van der Waals surface area contributed by atoms with E-state index in [1.54, 1.807) is 11.6 Å². The fourth-order valence-corrected chi connectivity index (χ4v) is 2.34. The maximum atomic E-state index is 11.1. The lowest BCUT2D eigenvalue weighted by Gasteiger charge is -2.07. The average Bonchev–Trinajstić information content (AvgIpc) is 2.86. The van der Waals surface area contributed by atoms with E-state index in [-0.39, 0.29) is 5.82 Å². The SMILES string of the molecule is CC(C)COCCNc1nc2sccn2c1[N+](=O)[O-]. The first-order valence-corrected chi connectivity index (χ1v) is 6.89. The van der Waals surface area contributed by atoms with Crippen LogP contribution in [0.15, 0.2) is 11.6 Å². The molecule has 0 aliphatic heterocycles. The number of imidazole rings is 1. The van der Waals surface area contributed by atoms with Crippen molar-refractivity contribution in [3.8, 4) is 0 Å². The van der Waals surface area contributed by atoms with Crippen molar-refractivity contribution in [1.29, 1.82) is 0 Å². The minimum Gasteiger partial charge on any atom is -0.379 e. The number of fused-ring (bicyclic) bond motifs is 1. The van der Waals surface area contributed by atoms with Gasteiger partial charge in [0.05, 0.1) is 6.61 Å². The molecule has 2 aromatic rings. The lowest BCUT2D eigenvalue weighted by molar-refractivity contribution is -0.389. The topological polar surface area (TPSA) is 81.7 Å². The molecule has 7 nitrogen and oxygen atoms in total. The second-order valence-corrected chi connectivity index (χ2v) is 5.37. The molecule has 0 saturated heterocycles. The van der Waals surface area contributed by atoms with Crippen molar-refractivity contribution in [2.24, 2.45) is 5.92 Å². The van der Waals surface area contributed by atoms with Crippen molar-refractivity contribution >= 4 is 27.9 Å². The van der Waals surface area contributed by atoms with E-state index < -0.39 is 4.92 Å². The van der Waals surface area contributed by atoms with Crippen LogP contribution in [0.2, 0.25) is 0 Å². The summed E-state index contributed by atoms with van der Waals surface area (Å²) in [5.74, 6) is 0.748. The van der Waals surface area contributed by atoms with Gasteiger partial charge >= 0.3 is 5.82 Å². The van der Waals surface area contributed by atoms with Crippen molar-refractivity contribution in [3.05, 3.63) is 21.7 Å². The van der Waals surface area contributed by atoms with Crippen LogP contribution in [0.25, 0.3) is 4.96 Å². The molecular formula is C11H16N4O3S. The summed E-state index contributed by atoms with van der Waals surface area (Å²) in [5, 5.41) is 15.8. The van der Waals surface area contributed by atoms with Gasteiger partial charge in [-0.1, -0.05) is 25.2 Å². The number of nitro groups is 1. The van der Waals surface area contributed by atoms with Gasteiger partial charge in [-0.15, -0.1) is 0 Å². The van der Waals surface area contributed by atoms with Crippen molar-refractivity contribution in [2.75, 3.05) is 25.1 Å².